The molecule has 0 bridgehead atoms. The first-order chi connectivity index (χ1) is 4.88. The van der Waals surface area contributed by atoms with Gasteiger partial charge in [-0.25, -0.2) is 4.68 Å². The zero-order valence-electron chi connectivity index (χ0n) is 5.32. The number of carbonyl (C=O) groups is 1. The van der Waals surface area contributed by atoms with Crippen molar-refractivity contribution < 1.29 is 4.79 Å². The number of rotatable bonds is 0. The van der Waals surface area contributed by atoms with Crippen LogP contribution in [0.15, 0.2) is 18.3 Å². The van der Waals surface area contributed by atoms with E-state index in [1.807, 2.05) is 6.08 Å². The molecule has 2 heterocycles. The Bertz CT molecular complexity index is 298. The number of nitrogens with zero attached hydrogens (tertiary/aromatic N) is 2. The van der Waals surface area contributed by atoms with Crippen molar-refractivity contribution in [1.29, 1.82) is 0 Å². The van der Waals surface area contributed by atoms with Crippen LogP contribution in [0.3, 0.4) is 0 Å². The summed E-state index contributed by atoms with van der Waals surface area (Å²) in [6.07, 6.45) is 5.74. The Balaban J connectivity index is 2.62. The molecule has 0 atom stereocenters. The van der Waals surface area contributed by atoms with Crippen molar-refractivity contribution in [2.75, 3.05) is 0 Å². The van der Waals surface area contributed by atoms with Gasteiger partial charge in [-0.2, -0.15) is 5.10 Å². The molecule has 0 aliphatic carbocycles. The van der Waals surface area contributed by atoms with Crippen LogP contribution in [0.4, 0.5) is 0 Å². The minimum absolute atomic E-state index is 0.139. The van der Waals surface area contributed by atoms with Crippen LogP contribution in [0, 0.1) is 0 Å². The van der Waals surface area contributed by atoms with Crippen molar-refractivity contribution in [3.05, 3.63) is 24.0 Å². The molecule has 2 rings (SSSR count). The predicted octanol–water partition coefficient (Wildman–Crippen LogP) is 0.940. The monoisotopic (exact) mass is 134 g/mol. The van der Waals surface area contributed by atoms with Crippen LogP contribution < -0.4 is 0 Å². The molecule has 1 aromatic heterocycles. The third kappa shape index (κ3) is 0.603. The lowest BCUT2D eigenvalue weighted by Crippen LogP contribution is -2.08. The van der Waals surface area contributed by atoms with Crippen molar-refractivity contribution in [2.45, 2.75) is 6.42 Å². The van der Waals surface area contributed by atoms with Crippen molar-refractivity contribution >= 4 is 12.0 Å². The topological polar surface area (TPSA) is 34.9 Å². The molecule has 0 saturated carbocycles. The van der Waals surface area contributed by atoms with Gasteiger partial charge in [0.15, 0.2) is 5.78 Å². The zero-order chi connectivity index (χ0) is 6.97. The van der Waals surface area contributed by atoms with Crippen LogP contribution >= 0.6 is 0 Å². The molecule has 3 nitrogen and oxygen atoms in total. The molecular weight excluding hydrogens is 128 g/mol. The summed E-state index contributed by atoms with van der Waals surface area (Å²) in [5, 5.41) is 3.92. The quantitative estimate of drug-likeness (QED) is 0.529. The molecule has 0 fully saturated rings. The average molecular weight is 134 g/mol. The van der Waals surface area contributed by atoms with Gasteiger partial charge in [0.25, 0.3) is 0 Å². The van der Waals surface area contributed by atoms with Gasteiger partial charge in [-0.3, -0.25) is 4.79 Å². The number of fused-ring (bicyclic) bond motifs is 1. The van der Waals surface area contributed by atoms with Gasteiger partial charge in [-0.1, -0.05) is 6.08 Å². The summed E-state index contributed by atoms with van der Waals surface area (Å²) in [5.41, 5.74) is 0.683. The van der Waals surface area contributed by atoms with Crippen molar-refractivity contribution in [3.63, 3.8) is 0 Å². The number of Topliss-reactive ketones (excluding diaryl/α,β-unsaturated/α-hetero) is 1. The van der Waals surface area contributed by atoms with Gasteiger partial charge in [0.1, 0.15) is 5.69 Å². The predicted molar refractivity (Wildman–Crippen MR) is 36.5 cm³/mol. The van der Waals surface area contributed by atoms with Crippen LogP contribution in [0.5, 0.6) is 0 Å². The summed E-state index contributed by atoms with van der Waals surface area (Å²) in [4.78, 5) is 11.0. The van der Waals surface area contributed by atoms with E-state index in [0.717, 1.165) is 0 Å². The van der Waals surface area contributed by atoms with Gasteiger partial charge < -0.3 is 0 Å². The summed E-state index contributed by atoms with van der Waals surface area (Å²) in [6.45, 7) is 0. The number of carbonyl (C=O) groups excluding carboxylic acids is 1. The molecular formula is C7H6N2O. The fourth-order valence-electron chi connectivity index (χ4n) is 1.02. The molecule has 0 aromatic carbocycles. The fraction of sp³-hybridized carbons (Fsp3) is 0.143. The second-order valence-corrected chi connectivity index (χ2v) is 2.17. The molecule has 0 unspecified atom stereocenters. The van der Waals surface area contributed by atoms with E-state index in [1.54, 1.807) is 23.1 Å². The molecule has 50 valence electrons. The highest BCUT2D eigenvalue weighted by Crippen LogP contribution is 2.09. The Labute approximate surface area is 58.0 Å². The molecule has 1 aromatic rings. The second kappa shape index (κ2) is 1.80. The lowest BCUT2D eigenvalue weighted by Gasteiger charge is -2.03. The Hall–Kier alpha value is -1.38. The van der Waals surface area contributed by atoms with Crippen LogP contribution in [0.1, 0.15) is 16.9 Å². The van der Waals surface area contributed by atoms with Gasteiger partial charge in [0.2, 0.25) is 0 Å². The third-order valence-electron chi connectivity index (χ3n) is 1.51. The molecule has 0 amide bonds. The van der Waals surface area contributed by atoms with Crippen LogP contribution in [0.2, 0.25) is 0 Å². The normalized spacial score (nSPS) is 15.4. The first-order valence-corrected chi connectivity index (χ1v) is 3.11. The van der Waals surface area contributed by atoms with Crippen LogP contribution in [-0.4, -0.2) is 15.6 Å². The second-order valence-electron chi connectivity index (χ2n) is 2.17. The van der Waals surface area contributed by atoms with Gasteiger partial charge >= 0.3 is 0 Å². The standard InChI is InChI=1S/C7H6N2O/c10-7-2-1-5-9-6(7)3-4-8-9/h1,3-5H,2H2. The van der Waals surface area contributed by atoms with E-state index in [4.69, 9.17) is 0 Å². The van der Waals surface area contributed by atoms with Crippen molar-refractivity contribution in [2.24, 2.45) is 0 Å². The van der Waals surface area contributed by atoms with E-state index in [-0.39, 0.29) is 5.78 Å². The van der Waals surface area contributed by atoms with Gasteiger partial charge in [-0.15, -0.1) is 0 Å². The minimum atomic E-state index is 0.139. The van der Waals surface area contributed by atoms with Crippen LogP contribution in [0.25, 0.3) is 6.20 Å². The van der Waals surface area contributed by atoms with Crippen LogP contribution in [-0.2, 0) is 0 Å². The van der Waals surface area contributed by atoms with Gasteiger partial charge in [0.05, 0.1) is 6.20 Å². The summed E-state index contributed by atoms with van der Waals surface area (Å²) in [5.74, 6) is 0.139. The van der Waals surface area contributed by atoms with Gasteiger partial charge in [-0.05, 0) is 6.07 Å². The van der Waals surface area contributed by atoms with E-state index < -0.39 is 0 Å². The number of hydrogen-bond donors (Lipinski definition) is 0. The smallest absolute Gasteiger partial charge is 0.185 e. The maximum Gasteiger partial charge on any atom is 0.185 e. The van der Waals surface area contributed by atoms with E-state index >= 15 is 0 Å². The minimum Gasteiger partial charge on any atom is -0.292 e. The molecule has 0 N–H and O–H groups in total. The molecule has 1 aliphatic rings. The fourth-order valence-corrected chi connectivity index (χ4v) is 1.02. The van der Waals surface area contributed by atoms with E-state index in [0.29, 0.717) is 12.1 Å². The molecule has 10 heavy (non-hydrogen) atoms. The summed E-state index contributed by atoms with van der Waals surface area (Å²) < 4.78 is 1.59. The van der Waals surface area contributed by atoms with Crippen molar-refractivity contribution in [1.82, 2.24) is 9.78 Å². The first kappa shape index (κ1) is 5.41. The highest BCUT2D eigenvalue weighted by molar-refractivity contribution is 5.97. The number of aromatic nitrogens is 2. The lowest BCUT2D eigenvalue weighted by atomic mass is 10.2. The first-order valence-electron chi connectivity index (χ1n) is 3.11. The largest absolute Gasteiger partial charge is 0.292 e. The third-order valence-corrected chi connectivity index (χ3v) is 1.51. The molecule has 1 aliphatic heterocycles. The maximum atomic E-state index is 11.0. The SMILES string of the molecule is O=C1CC=Cn2nccc21. The molecule has 0 radical (unpaired) electrons. The summed E-state index contributed by atoms with van der Waals surface area (Å²) >= 11 is 0. The zero-order valence-corrected chi connectivity index (χ0v) is 5.32. The molecule has 3 heteroatoms. The maximum absolute atomic E-state index is 11.0. The summed E-state index contributed by atoms with van der Waals surface area (Å²) in [7, 11) is 0. The lowest BCUT2D eigenvalue weighted by molar-refractivity contribution is 0.0986. The highest BCUT2D eigenvalue weighted by Gasteiger charge is 2.11. The van der Waals surface area contributed by atoms with Crippen molar-refractivity contribution in [3.8, 4) is 0 Å². The number of ketones is 1. The van der Waals surface area contributed by atoms with E-state index in [9.17, 15) is 4.79 Å². The number of hydrogen-bond acceptors (Lipinski definition) is 2. The Morgan fingerprint density at radius 1 is 1.60 bits per heavy atom. The summed E-state index contributed by atoms with van der Waals surface area (Å²) in [6, 6.07) is 1.73. The molecule has 0 spiro atoms. The van der Waals surface area contributed by atoms with E-state index in [2.05, 4.69) is 5.10 Å². The highest BCUT2D eigenvalue weighted by atomic mass is 16.1. The Kier molecular flexibility index (Phi) is 0.974. The Morgan fingerprint density at radius 2 is 2.50 bits per heavy atom. The number of allylic oxidation sites excluding steroid dienone is 1. The molecule has 0 saturated heterocycles. The van der Waals surface area contributed by atoms with E-state index in [1.165, 1.54) is 0 Å². The Morgan fingerprint density at radius 3 is 3.30 bits per heavy atom. The van der Waals surface area contributed by atoms with Gasteiger partial charge in [0, 0.05) is 12.6 Å². The average Bonchev–Trinajstić information content (AvgIpc) is 2.36.